The standard InChI is InChI=1S/C15H11N5.C8H6.C7H5N5.CH4/c16-8-12-6-7-14(17-9-12)10-20-11-15(18-19-20)13-4-2-1-3-5-13;1-2-8-6-4-3-5-7-8;8-3-6-1-2-7(10-4-6)5-11-12-9;/h1-7,9,11H,10H2;1,3-7H;1-2,4H,5H2;1H4. The molecule has 0 aliphatic heterocycles. The average molecular weight is 539 g/mol. The lowest BCUT2D eigenvalue weighted by Crippen LogP contribution is -2.02. The van der Waals surface area contributed by atoms with Crippen LogP contribution in [0.25, 0.3) is 21.7 Å². The van der Waals surface area contributed by atoms with E-state index in [4.69, 9.17) is 22.5 Å². The summed E-state index contributed by atoms with van der Waals surface area (Å²) < 4.78 is 1.73. The van der Waals surface area contributed by atoms with Gasteiger partial charge in [0.15, 0.2) is 0 Å². The van der Waals surface area contributed by atoms with Gasteiger partial charge in [0.1, 0.15) is 17.8 Å². The Kier molecular flexibility index (Phi) is 13.0. The van der Waals surface area contributed by atoms with E-state index in [1.54, 1.807) is 29.1 Å². The second-order valence-electron chi connectivity index (χ2n) is 7.87. The van der Waals surface area contributed by atoms with Gasteiger partial charge in [0, 0.05) is 34.1 Å². The lowest BCUT2D eigenvalue weighted by molar-refractivity contribution is 0.638. The number of terminal acetylenes is 1. The number of nitriles is 2. The first kappa shape index (κ1) is 31.0. The fourth-order valence-corrected chi connectivity index (χ4v) is 3.09. The molecule has 0 unspecified atom stereocenters. The van der Waals surface area contributed by atoms with Crippen LogP contribution in [0.15, 0.2) is 109 Å². The number of nitrogens with zero attached hydrogens (tertiary/aromatic N) is 10. The molecule has 2 aromatic carbocycles. The highest BCUT2D eigenvalue weighted by Crippen LogP contribution is 2.15. The molecule has 5 aromatic rings. The molecular weight excluding hydrogens is 512 g/mol. The van der Waals surface area contributed by atoms with Crippen LogP contribution in [0.1, 0.15) is 35.5 Å². The first-order valence-electron chi connectivity index (χ1n) is 11.8. The van der Waals surface area contributed by atoms with Gasteiger partial charge in [-0.3, -0.25) is 9.97 Å². The lowest BCUT2D eigenvalue weighted by Gasteiger charge is -1.99. The molecule has 0 spiro atoms. The minimum Gasteiger partial charge on any atom is -0.260 e. The van der Waals surface area contributed by atoms with E-state index in [1.807, 2.05) is 85.1 Å². The van der Waals surface area contributed by atoms with Crippen molar-refractivity contribution in [3.63, 3.8) is 0 Å². The number of hydrogen-bond acceptors (Lipinski definition) is 7. The van der Waals surface area contributed by atoms with Crippen LogP contribution >= 0.6 is 0 Å². The Morgan fingerprint density at radius 1 is 0.805 bits per heavy atom. The second-order valence-corrected chi connectivity index (χ2v) is 7.87. The Labute approximate surface area is 238 Å². The van der Waals surface area contributed by atoms with E-state index in [1.165, 1.54) is 6.20 Å². The third-order valence-electron chi connectivity index (χ3n) is 5.08. The van der Waals surface area contributed by atoms with Crippen molar-refractivity contribution in [2.45, 2.75) is 20.5 Å². The molecule has 0 saturated heterocycles. The molecule has 0 N–H and O–H groups in total. The lowest BCUT2D eigenvalue weighted by atomic mass is 10.2. The maximum absolute atomic E-state index is 8.73. The van der Waals surface area contributed by atoms with Crippen molar-refractivity contribution in [1.82, 2.24) is 25.0 Å². The van der Waals surface area contributed by atoms with E-state index in [0.717, 1.165) is 22.5 Å². The van der Waals surface area contributed by atoms with Crippen LogP contribution in [-0.4, -0.2) is 25.0 Å². The van der Waals surface area contributed by atoms with Gasteiger partial charge in [-0.25, -0.2) is 4.68 Å². The number of azide groups is 1. The van der Waals surface area contributed by atoms with Gasteiger partial charge in [0.25, 0.3) is 0 Å². The van der Waals surface area contributed by atoms with E-state index >= 15 is 0 Å². The second kappa shape index (κ2) is 17.3. The molecule has 0 bridgehead atoms. The summed E-state index contributed by atoms with van der Waals surface area (Å²) in [5.41, 5.74) is 13.4. The molecule has 10 heteroatoms. The van der Waals surface area contributed by atoms with Gasteiger partial charge in [-0.1, -0.05) is 72.2 Å². The molecule has 0 atom stereocenters. The van der Waals surface area contributed by atoms with Crippen LogP contribution in [0.3, 0.4) is 0 Å². The smallest absolute Gasteiger partial charge is 0.113 e. The molecule has 0 fully saturated rings. The molecule has 0 aliphatic carbocycles. The first-order valence-corrected chi connectivity index (χ1v) is 11.8. The van der Waals surface area contributed by atoms with Crippen molar-refractivity contribution >= 4 is 0 Å². The zero-order chi connectivity index (χ0) is 28.4. The maximum atomic E-state index is 8.73. The highest BCUT2D eigenvalue weighted by atomic mass is 15.4. The summed E-state index contributed by atoms with van der Waals surface area (Å²) >= 11 is 0. The van der Waals surface area contributed by atoms with Crippen molar-refractivity contribution in [2.24, 2.45) is 5.11 Å². The van der Waals surface area contributed by atoms with Crippen molar-refractivity contribution in [2.75, 3.05) is 0 Å². The highest BCUT2D eigenvalue weighted by molar-refractivity contribution is 5.57. The maximum Gasteiger partial charge on any atom is 0.113 e. The van der Waals surface area contributed by atoms with Crippen molar-refractivity contribution < 1.29 is 0 Å². The normalized spacial score (nSPS) is 8.90. The molecule has 0 amide bonds. The molecular formula is C31H26N10. The topological polar surface area (TPSA) is 153 Å². The Morgan fingerprint density at radius 2 is 1.39 bits per heavy atom. The average Bonchev–Trinajstić information content (AvgIpc) is 3.50. The van der Waals surface area contributed by atoms with Crippen LogP contribution in [-0.2, 0) is 13.1 Å². The highest BCUT2D eigenvalue weighted by Gasteiger charge is 2.04. The molecule has 0 aliphatic rings. The van der Waals surface area contributed by atoms with Crippen molar-refractivity contribution in [3.8, 4) is 35.7 Å². The SMILES string of the molecule is C.C#Cc1ccccc1.N#Cc1ccc(CN=[N+]=[N-])nc1.N#Cc1ccc(Cn2cc(-c3ccccc3)nn2)nc1. The molecule has 10 nitrogen and oxygen atoms in total. The summed E-state index contributed by atoms with van der Waals surface area (Å²) in [7, 11) is 0. The summed E-state index contributed by atoms with van der Waals surface area (Å²) in [6.07, 6.45) is 9.99. The monoisotopic (exact) mass is 538 g/mol. The summed E-state index contributed by atoms with van der Waals surface area (Å²) in [6.45, 7) is 0.758. The number of pyridine rings is 2. The van der Waals surface area contributed by atoms with Crippen LogP contribution in [0, 0.1) is 35.0 Å². The van der Waals surface area contributed by atoms with E-state index in [9.17, 15) is 0 Å². The zero-order valence-electron chi connectivity index (χ0n) is 21.3. The quantitative estimate of drug-likeness (QED) is 0.110. The first-order chi connectivity index (χ1) is 19.6. The summed E-state index contributed by atoms with van der Waals surface area (Å²) in [4.78, 5) is 10.7. The Morgan fingerprint density at radius 3 is 1.88 bits per heavy atom. The van der Waals surface area contributed by atoms with Crippen LogP contribution in [0.5, 0.6) is 0 Å². The van der Waals surface area contributed by atoms with Crippen LogP contribution < -0.4 is 0 Å². The molecule has 41 heavy (non-hydrogen) atoms. The van der Waals surface area contributed by atoms with Gasteiger partial charge in [0.2, 0.25) is 0 Å². The Hall–Kier alpha value is -6.27. The van der Waals surface area contributed by atoms with Crippen molar-refractivity contribution in [1.29, 1.82) is 10.5 Å². The molecule has 200 valence electrons. The molecule has 0 saturated carbocycles. The molecule has 0 radical (unpaired) electrons. The van der Waals surface area contributed by atoms with E-state index in [2.05, 4.69) is 36.2 Å². The minimum atomic E-state index is 0. The van der Waals surface area contributed by atoms with Crippen LogP contribution in [0.2, 0.25) is 0 Å². The number of hydrogen-bond donors (Lipinski definition) is 0. The molecule has 3 heterocycles. The summed E-state index contributed by atoms with van der Waals surface area (Å²) in [6, 6.07) is 30.3. The minimum absolute atomic E-state index is 0. The van der Waals surface area contributed by atoms with E-state index in [-0.39, 0.29) is 14.0 Å². The number of rotatable bonds is 5. The Bertz CT molecular complexity index is 1650. The van der Waals surface area contributed by atoms with Crippen LogP contribution in [0.4, 0.5) is 0 Å². The van der Waals surface area contributed by atoms with Gasteiger partial charge in [-0.05, 0) is 41.9 Å². The fourth-order valence-electron chi connectivity index (χ4n) is 3.09. The third kappa shape index (κ3) is 10.6. The molecule has 3 aromatic heterocycles. The summed E-state index contributed by atoms with van der Waals surface area (Å²) in [5, 5.41) is 28.7. The summed E-state index contributed by atoms with van der Waals surface area (Å²) in [5.74, 6) is 2.53. The predicted molar refractivity (Wildman–Crippen MR) is 156 cm³/mol. The van der Waals surface area contributed by atoms with E-state index < -0.39 is 0 Å². The van der Waals surface area contributed by atoms with Gasteiger partial charge in [-0.15, -0.1) is 11.5 Å². The van der Waals surface area contributed by atoms with Gasteiger partial charge in [0.05, 0.1) is 36.1 Å². The van der Waals surface area contributed by atoms with Gasteiger partial charge < -0.3 is 0 Å². The predicted octanol–water partition coefficient (Wildman–Crippen LogP) is 6.33. The molecule has 5 rings (SSSR count). The number of aromatic nitrogens is 5. The van der Waals surface area contributed by atoms with E-state index in [0.29, 0.717) is 23.4 Å². The van der Waals surface area contributed by atoms with Crippen molar-refractivity contribution in [3.05, 3.63) is 142 Å². The number of benzene rings is 2. The van der Waals surface area contributed by atoms with Gasteiger partial charge in [-0.2, -0.15) is 10.5 Å². The van der Waals surface area contributed by atoms with Gasteiger partial charge >= 0.3 is 0 Å². The largest absolute Gasteiger partial charge is 0.260 e. The third-order valence-corrected chi connectivity index (χ3v) is 5.08. The zero-order valence-corrected chi connectivity index (χ0v) is 21.3. The Balaban J connectivity index is 0.000000239. The fraction of sp³-hybridized carbons (Fsp3) is 0.0968.